The van der Waals surface area contributed by atoms with E-state index in [9.17, 15) is 4.79 Å². The van der Waals surface area contributed by atoms with Gasteiger partial charge in [-0.15, -0.1) is 0 Å². The molecule has 0 atom stereocenters. The van der Waals surface area contributed by atoms with E-state index in [1.54, 1.807) is 4.90 Å². The molecule has 2 rings (SSSR count). The van der Waals surface area contributed by atoms with Gasteiger partial charge in [0, 0.05) is 18.8 Å². The van der Waals surface area contributed by atoms with Crippen molar-refractivity contribution < 1.29 is 4.79 Å². The zero-order chi connectivity index (χ0) is 16.7. The maximum atomic E-state index is 12.6. The van der Waals surface area contributed by atoms with Crippen molar-refractivity contribution in [1.29, 1.82) is 5.26 Å². The lowest BCUT2D eigenvalue weighted by molar-refractivity contribution is 0.210. The number of nitriles is 1. The molecule has 4 nitrogen and oxygen atoms in total. The SMILES string of the molecule is Cc1cc(C)cc(NC(=O)N(CCC#N)Cc2ccccc2)c1. The Morgan fingerprint density at radius 1 is 1.13 bits per heavy atom. The number of nitrogens with one attached hydrogen (secondary N) is 1. The molecule has 2 aromatic carbocycles. The van der Waals surface area contributed by atoms with E-state index in [0.29, 0.717) is 19.5 Å². The lowest BCUT2D eigenvalue weighted by Crippen LogP contribution is -2.35. The lowest BCUT2D eigenvalue weighted by Gasteiger charge is -2.22. The number of benzene rings is 2. The molecule has 0 bridgehead atoms. The molecule has 2 aromatic rings. The first-order chi connectivity index (χ1) is 11.1. The molecule has 0 saturated heterocycles. The summed E-state index contributed by atoms with van der Waals surface area (Å²) < 4.78 is 0. The molecule has 0 aromatic heterocycles. The number of anilines is 1. The van der Waals surface area contributed by atoms with Gasteiger partial charge < -0.3 is 10.2 Å². The maximum Gasteiger partial charge on any atom is 0.322 e. The monoisotopic (exact) mass is 307 g/mol. The summed E-state index contributed by atoms with van der Waals surface area (Å²) in [6.07, 6.45) is 0.313. The average molecular weight is 307 g/mol. The zero-order valence-corrected chi connectivity index (χ0v) is 13.5. The minimum absolute atomic E-state index is 0.186. The first-order valence-electron chi connectivity index (χ1n) is 7.63. The summed E-state index contributed by atoms with van der Waals surface area (Å²) in [5, 5.41) is 11.7. The van der Waals surface area contributed by atoms with Gasteiger partial charge in [-0.2, -0.15) is 5.26 Å². The van der Waals surface area contributed by atoms with Crippen molar-refractivity contribution in [2.24, 2.45) is 0 Å². The number of aryl methyl sites for hydroxylation is 2. The Morgan fingerprint density at radius 2 is 1.78 bits per heavy atom. The second kappa shape index (κ2) is 8.00. The Morgan fingerprint density at radius 3 is 2.39 bits per heavy atom. The third kappa shape index (κ3) is 5.15. The number of carbonyl (C=O) groups is 1. The Kier molecular flexibility index (Phi) is 5.76. The predicted octanol–water partition coefficient (Wildman–Crippen LogP) is 4.25. The normalized spacial score (nSPS) is 9.96. The Bertz CT molecular complexity index is 684. The van der Waals surface area contributed by atoms with Crippen molar-refractivity contribution in [3.05, 3.63) is 65.2 Å². The molecule has 118 valence electrons. The highest BCUT2D eigenvalue weighted by molar-refractivity contribution is 5.89. The summed E-state index contributed by atoms with van der Waals surface area (Å²) >= 11 is 0. The molecule has 0 spiro atoms. The van der Waals surface area contributed by atoms with E-state index < -0.39 is 0 Å². The summed E-state index contributed by atoms with van der Waals surface area (Å²) in [7, 11) is 0. The van der Waals surface area contributed by atoms with Crippen LogP contribution >= 0.6 is 0 Å². The van der Waals surface area contributed by atoms with Gasteiger partial charge >= 0.3 is 6.03 Å². The van der Waals surface area contributed by atoms with E-state index in [-0.39, 0.29) is 6.03 Å². The Labute approximate surface area is 137 Å². The summed E-state index contributed by atoms with van der Waals surface area (Å²) in [5.74, 6) is 0. The highest BCUT2D eigenvalue weighted by Crippen LogP contribution is 2.15. The van der Waals surface area contributed by atoms with E-state index in [0.717, 1.165) is 22.4 Å². The molecule has 1 N–H and O–H groups in total. The summed E-state index contributed by atoms with van der Waals surface area (Å²) in [5.41, 5.74) is 4.03. The van der Waals surface area contributed by atoms with Crippen LogP contribution in [-0.2, 0) is 6.54 Å². The van der Waals surface area contributed by atoms with Gasteiger partial charge in [0.05, 0.1) is 12.5 Å². The first-order valence-corrected chi connectivity index (χ1v) is 7.63. The van der Waals surface area contributed by atoms with E-state index in [2.05, 4.69) is 17.5 Å². The molecule has 0 fully saturated rings. The molecule has 4 heteroatoms. The van der Waals surface area contributed by atoms with Crippen molar-refractivity contribution in [3.63, 3.8) is 0 Å². The topological polar surface area (TPSA) is 56.1 Å². The zero-order valence-electron chi connectivity index (χ0n) is 13.5. The fourth-order valence-corrected chi connectivity index (χ4v) is 2.49. The van der Waals surface area contributed by atoms with Crippen LogP contribution in [0.25, 0.3) is 0 Å². The van der Waals surface area contributed by atoms with Crippen LogP contribution in [0.3, 0.4) is 0 Å². The van der Waals surface area contributed by atoms with Crippen LogP contribution in [0, 0.1) is 25.2 Å². The summed E-state index contributed by atoms with van der Waals surface area (Å²) in [4.78, 5) is 14.2. The fraction of sp³-hybridized carbons (Fsp3) is 0.263. The van der Waals surface area contributed by atoms with Crippen LogP contribution in [0.4, 0.5) is 10.5 Å². The van der Waals surface area contributed by atoms with Gasteiger partial charge in [-0.25, -0.2) is 4.79 Å². The quantitative estimate of drug-likeness (QED) is 0.897. The number of carbonyl (C=O) groups excluding carboxylic acids is 1. The number of nitrogens with zero attached hydrogens (tertiary/aromatic N) is 2. The first kappa shape index (κ1) is 16.6. The fourth-order valence-electron chi connectivity index (χ4n) is 2.49. The van der Waals surface area contributed by atoms with E-state index in [4.69, 9.17) is 5.26 Å². The standard InChI is InChI=1S/C19H21N3O/c1-15-11-16(2)13-18(12-15)21-19(23)22(10-6-9-20)14-17-7-4-3-5-8-17/h3-5,7-8,11-13H,6,10,14H2,1-2H3,(H,21,23). The van der Waals surface area contributed by atoms with Crippen LogP contribution in [0.2, 0.25) is 0 Å². The molecule has 23 heavy (non-hydrogen) atoms. The molecule has 0 radical (unpaired) electrons. The second-order valence-corrected chi connectivity index (χ2v) is 5.62. The molecular formula is C19H21N3O. The smallest absolute Gasteiger partial charge is 0.319 e. The van der Waals surface area contributed by atoms with Gasteiger partial charge in [-0.3, -0.25) is 0 Å². The van der Waals surface area contributed by atoms with Gasteiger partial charge in [0.2, 0.25) is 0 Å². The van der Waals surface area contributed by atoms with Crippen molar-refractivity contribution in [2.75, 3.05) is 11.9 Å². The maximum absolute atomic E-state index is 12.6. The number of hydrogen-bond acceptors (Lipinski definition) is 2. The van der Waals surface area contributed by atoms with Gasteiger partial charge in [0.25, 0.3) is 0 Å². The second-order valence-electron chi connectivity index (χ2n) is 5.62. The number of hydrogen-bond donors (Lipinski definition) is 1. The van der Waals surface area contributed by atoms with Gasteiger partial charge in [-0.1, -0.05) is 36.4 Å². The minimum Gasteiger partial charge on any atom is -0.319 e. The van der Waals surface area contributed by atoms with Gasteiger partial charge in [-0.05, 0) is 42.7 Å². The van der Waals surface area contributed by atoms with Crippen molar-refractivity contribution in [1.82, 2.24) is 4.90 Å². The molecule has 0 unspecified atom stereocenters. The van der Waals surface area contributed by atoms with Gasteiger partial charge in [0.15, 0.2) is 0 Å². The molecule has 0 saturated carbocycles. The van der Waals surface area contributed by atoms with Crippen LogP contribution in [0.15, 0.2) is 48.5 Å². The van der Waals surface area contributed by atoms with Crippen molar-refractivity contribution in [2.45, 2.75) is 26.8 Å². The largest absolute Gasteiger partial charge is 0.322 e. The molecule has 2 amide bonds. The van der Waals surface area contributed by atoms with Crippen molar-refractivity contribution in [3.8, 4) is 6.07 Å². The summed E-state index contributed by atoms with van der Waals surface area (Å²) in [6, 6.07) is 17.6. The number of urea groups is 1. The van der Waals surface area contributed by atoms with E-state index >= 15 is 0 Å². The van der Waals surface area contributed by atoms with Crippen LogP contribution < -0.4 is 5.32 Å². The molecular weight excluding hydrogens is 286 g/mol. The van der Waals surface area contributed by atoms with Gasteiger partial charge in [0.1, 0.15) is 0 Å². The van der Waals surface area contributed by atoms with Crippen LogP contribution in [-0.4, -0.2) is 17.5 Å². The summed E-state index contributed by atoms with van der Waals surface area (Å²) in [6.45, 7) is 4.89. The van der Waals surface area contributed by atoms with E-state index in [1.165, 1.54) is 0 Å². The third-order valence-electron chi connectivity index (χ3n) is 3.47. The molecule has 0 aliphatic rings. The number of amides is 2. The Balaban J connectivity index is 2.11. The predicted molar refractivity (Wildman–Crippen MR) is 92.0 cm³/mol. The molecule has 0 heterocycles. The van der Waals surface area contributed by atoms with Crippen LogP contribution in [0.5, 0.6) is 0 Å². The highest BCUT2D eigenvalue weighted by atomic mass is 16.2. The van der Waals surface area contributed by atoms with E-state index in [1.807, 2.05) is 56.3 Å². The molecule has 0 aliphatic heterocycles. The van der Waals surface area contributed by atoms with Crippen molar-refractivity contribution >= 4 is 11.7 Å². The lowest BCUT2D eigenvalue weighted by atomic mass is 10.1. The third-order valence-corrected chi connectivity index (χ3v) is 3.47. The average Bonchev–Trinajstić information content (AvgIpc) is 2.51. The minimum atomic E-state index is -0.186. The van der Waals surface area contributed by atoms with Crippen LogP contribution in [0.1, 0.15) is 23.1 Å². The number of rotatable bonds is 5. The molecule has 0 aliphatic carbocycles. The highest BCUT2D eigenvalue weighted by Gasteiger charge is 2.14. The Hall–Kier alpha value is -2.80.